The number of hydrogen-bond acceptors (Lipinski definition) is 6. The molecule has 9 heteroatoms. The van der Waals surface area contributed by atoms with Crippen LogP contribution in [0.2, 0.25) is 0 Å². The first-order valence-corrected chi connectivity index (χ1v) is 8.28. The molecule has 7 nitrogen and oxygen atoms in total. The van der Waals surface area contributed by atoms with Gasteiger partial charge in [-0.1, -0.05) is 15.9 Å². The van der Waals surface area contributed by atoms with E-state index in [1.807, 2.05) is 0 Å². The van der Waals surface area contributed by atoms with Crippen LogP contribution < -0.4 is 10.6 Å². The van der Waals surface area contributed by atoms with Crippen molar-refractivity contribution in [2.75, 3.05) is 17.2 Å². The summed E-state index contributed by atoms with van der Waals surface area (Å²) in [5, 5.41) is 14.3. The second-order valence-corrected chi connectivity index (χ2v) is 6.11. The Hall–Kier alpha value is -3.07. The van der Waals surface area contributed by atoms with Gasteiger partial charge in [0.1, 0.15) is 18.2 Å². The number of rotatable bonds is 6. The Kier molecular flexibility index (Phi) is 5.37. The van der Waals surface area contributed by atoms with E-state index in [-0.39, 0.29) is 18.2 Å². The predicted octanol–water partition coefficient (Wildman–Crippen LogP) is 3.68. The highest BCUT2D eigenvalue weighted by molar-refractivity contribution is 9.10. The summed E-state index contributed by atoms with van der Waals surface area (Å²) < 4.78 is 14.7. The number of anilines is 3. The zero-order chi connectivity index (χ0) is 18.5. The summed E-state index contributed by atoms with van der Waals surface area (Å²) >= 11 is 3.20. The zero-order valence-corrected chi connectivity index (χ0v) is 14.9. The lowest BCUT2D eigenvalue weighted by Gasteiger charge is -2.11. The number of hydrogen-bond donors (Lipinski definition) is 3. The van der Waals surface area contributed by atoms with E-state index < -0.39 is 11.8 Å². The smallest absolute Gasteiger partial charge is 0.322 e. The van der Waals surface area contributed by atoms with Gasteiger partial charge in [-0.15, -0.1) is 0 Å². The van der Waals surface area contributed by atoms with Crippen LogP contribution in [0.25, 0.3) is 11.3 Å². The molecular weight excluding hydrogens is 405 g/mol. The van der Waals surface area contributed by atoms with Gasteiger partial charge in [0.25, 0.3) is 0 Å². The number of aliphatic carboxylic acids is 1. The highest BCUT2D eigenvalue weighted by atomic mass is 79.9. The van der Waals surface area contributed by atoms with Crippen LogP contribution in [-0.2, 0) is 4.79 Å². The summed E-state index contributed by atoms with van der Waals surface area (Å²) in [5.41, 5.74) is 1.53. The van der Waals surface area contributed by atoms with Crippen molar-refractivity contribution < 1.29 is 14.3 Å². The monoisotopic (exact) mass is 417 g/mol. The number of nitrogens with zero attached hydrogens (tertiary/aromatic N) is 3. The van der Waals surface area contributed by atoms with Crippen LogP contribution in [0.5, 0.6) is 0 Å². The third-order valence-corrected chi connectivity index (χ3v) is 3.79. The molecule has 0 aliphatic heterocycles. The summed E-state index contributed by atoms with van der Waals surface area (Å²) in [7, 11) is 0. The molecule has 0 amide bonds. The molecule has 0 aliphatic rings. The molecule has 3 N–H and O–H groups in total. The molecule has 3 rings (SSSR count). The van der Waals surface area contributed by atoms with Crippen molar-refractivity contribution in [1.29, 1.82) is 0 Å². The van der Waals surface area contributed by atoms with E-state index in [1.54, 1.807) is 42.7 Å². The molecule has 0 aliphatic carbocycles. The van der Waals surface area contributed by atoms with E-state index in [0.29, 0.717) is 16.0 Å². The average Bonchev–Trinajstić information content (AvgIpc) is 2.63. The normalized spacial score (nSPS) is 10.4. The number of carbonyl (C=O) groups is 1. The van der Waals surface area contributed by atoms with Gasteiger partial charge >= 0.3 is 5.97 Å². The first-order chi connectivity index (χ1) is 12.5. The number of benzene rings is 1. The lowest BCUT2D eigenvalue weighted by atomic mass is 10.2. The van der Waals surface area contributed by atoms with E-state index >= 15 is 0 Å². The van der Waals surface area contributed by atoms with Gasteiger partial charge in [0.2, 0.25) is 5.95 Å². The quantitative estimate of drug-likeness (QED) is 0.562. The first-order valence-electron chi connectivity index (χ1n) is 7.48. The molecule has 0 saturated carbocycles. The maximum absolute atomic E-state index is 14.1. The van der Waals surface area contributed by atoms with Gasteiger partial charge in [-0.3, -0.25) is 9.78 Å². The molecule has 26 heavy (non-hydrogen) atoms. The topological polar surface area (TPSA) is 100 Å². The van der Waals surface area contributed by atoms with Crippen LogP contribution in [0, 0.1) is 5.82 Å². The van der Waals surface area contributed by atoms with Crippen LogP contribution >= 0.6 is 15.9 Å². The Morgan fingerprint density at radius 2 is 1.92 bits per heavy atom. The second kappa shape index (κ2) is 7.87. The van der Waals surface area contributed by atoms with Crippen molar-refractivity contribution in [3.05, 3.63) is 59.1 Å². The molecule has 0 fully saturated rings. The van der Waals surface area contributed by atoms with Crippen molar-refractivity contribution in [2.45, 2.75) is 0 Å². The average molecular weight is 418 g/mol. The highest BCUT2D eigenvalue weighted by Crippen LogP contribution is 2.26. The highest BCUT2D eigenvalue weighted by Gasteiger charge is 2.10. The number of nitrogens with one attached hydrogen (secondary N) is 2. The van der Waals surface area contributed by atoms with Crippen molar-refractivity contribution in [2.24, 2.45) is 0 Å². The Morgan fingerprint density at radius 1 is 1.15 bits per heavy atom. The van der Waals surface area contributed by atoms with Gasteiger partial charge in [0.05, 0.1) is 11.4 Å². The first kappa shape index (κ1) is 17.7. The van der Waals surface area contributed by atoms with Gasteiger partial charge in [0.15, 0.2) is 0 Å². The summed E-state index contributed by atoms with van der Waals surface area (Å²) in [4.78, 5) is 23.2. The molecule has 2 aromatic heterocycles. The van der Waals surface area contributed by atoms with E-state index in [2.05, 4.69) is 41.5 Å². The lowest BCUT2D eigenvalue weighted by Crippen LogP contribution is -2.15. The van der Waals surface area contributed by atoms with E-state index in [4.69, 9.17) is 5.11 Å². The molecule has 0 atom stereocenters. The van der Waals surface area contributed by atoms with Gasteiger partial charge in [-0.25, -0.2) is 9.37 Å². The van der Waals surface area contributed by atoms with Crippen LogP contribution in [-0.4, -0.2) is 32.6 Å². The van der Waals surface area contributed by atoms with Crippen molar-refractivity contribution in [3.8, 4) is 11.3 Å². The maximum atomic E-state index is 14.1. The van der Waals surface area contributed by atoms with Gasteiger partial charge in [-0.2, -0.15) is 4.98 Å². The minimum absolute atomic E-state index is 0.113. The number of aromatic nitrogens is 3. The molecule has 0 radical (unpaired) electrons. The van der Waals surface area contributed by atoms with Crippen molar-refractivity contribution >= 4 is 39.4 Å². The standard InChI is InChI=1S/C17H13BrFN5O2/c18-11-1-2-13(12(19)7-11)22-15-8-14(10-3-5-20-6-4-10)23-17(24-15)21-9-16(25)26/h1-8H,9H2,(H,25,26)(H2,21,22,23,24). The third-order valence-electron chi connectivity index (χ3n) is 3.29. The fraction of sp³-hybridized carbons (Fsp3) is 0.0588. The maximum Gasteiger partial charge on any atom is 0.322 e. The molecule has 0 saturated heterocycles. The van der Waals surface area contributed by atoms with Gasteiger partial charge < -0.3 is 15.7 Å². The Morgan fingerprint density at radius 3 is 2.62 bits per heavy atom. The fourth-order valence-electron chi connectivity index (χ4n) is 2.14. The number of halogens is 2. The van der Waals surface area contributed by atoms with Crippen LogP contribution in [0.15, 0.2) is 53.3 Å². The Balaban J connectivity index is 1.97. The molecular formula is C17H13BrFN5O2. The number of carboxylic acids is 1. The minimum atomic E-state index is -1.05. The number of pyridine rings is 1. The molecule has 0 bridgehead atoms. The van der Waals surface area contributed by atoms with E-state index in [9.17, 15) is 9.18 Å². The SMILES string of the molecule is O=C(O)CNc1nc(Nc2ccc(Br)cc2F)cc(-c2ccncc2)n1. The molecule has 0 unspecified atom stereocenters. The minimum Gasteiger partial charge on any atom is -0.480 e. The molecule has 0 spiro atoms. The van der Waals surface area contributed by atoms with Crippen LogP contribution in [0.1, 0.15) is 0 Å². The van der Waals surface area contributed by atoms with Crippen LogP contribution in [0.3, 0.4) is 0 Å². The lowest BCUT2D eigenvalue weighted by molar-refractivity contribution is -0.134. The summed E-state index contributed by atoms with van der Waals surface area (Å²) in [6.45, 7) is -0.341. The van der Waals surface area contributed by atoms with Crippen molar-refractivity contribution in [3.63, 3.8) is 0 Å². The number of carboxylic acid groups (broad SMARTS) is 1. The van der Waals surface area contributed by atoms with Gasteiger partial charge in [0, 0.05) is 28.5 Å². The van der Waals surface area contributed by atoms with E-state index in [0.717, 1.165) is 5.56 Å². The van der Waals surface area contributed by atoms with Crippen LogP contribution in [0.4, 0.5) is 21.8 Å². The zero-order valence-electron chi connectivity index (χ0n) is 13.3. The summed E-state index contributed by atoms with van der Waals surface area (Å²) in [5.74, 6) is -1.07. The van der Waals surface area contributed by atoms with Crippen molar-refractivity contribution in [1.82, 2.24) is 15.0 Å². The second-order valence-electron chi connectivity index (χ2n) is 5.19. The Labute approximate surface area is 156 Å². The molecule has 1 aromatic carbocycles. The van der Waals surface area contributed by atoms with Gasteiger partial charge in [-0.05, 0) is 30.3 Å². The fourth-order valence-corrected chi connectivity index (χ4v) is 2.48. The molecule has 2 heterocycles. The molecule has 132 valence electrons. The summed E-state index contributed by atoms with van der Waals surface area (Å²) in [6, 6.07) is 9.75. The summed E-state index contributed by atoms with van der Waals surface area (Å²) in [6.07, 6.45) is 3.23. The Bertz CT molecular complexity index is 940. The van der Waals surface area contributed by atoms with E-state index in [1.165, 1.54) is 6.07 Å². The molecule has 3 aromatic rings. The largest absolute Gasteiger partial charge is 0.480 e. The predicted molar refractivity (Wildman–Crippen MR) is 98.8 cm³/mol. The third kappa shape index (κ3) is 4.51.